The Balaban J connectivity index is 1.64. The molecule has 3 saturated heterocycles. The van der Waals surface area contributed by atoms with Gasteiger partial charge in [0, 0.05) is 13.7 Å². The van der Waals surface area contributed by atoms with Crippen LogP contribution in [0.4, 0.5) is 0 Å². The summed E-state index contributed by atoms with van der Waals surface area (Å²) in [7, 11) is 0.0688. The van der Waals surface area contributed by atoms with Gasteiger partial charge in [-0.1, -0.05) is 20.8 Å². The number of fused-ring (bicyclic) bond motifs is 3. The zero-order valence-electron chi connectivity index (χ0n) is 15.9. The number of hydrogen-bond donors (Lipinski definition) is 0. The molecule has 3 aliphatic heterocycles. The van der Waals surface area contributed by atoms with Gasteiger partial charge < -0.3 is 18.6 Å². The van der Waals surface area contributed by atoms with Crippen LogP contribution in [0.1, 0.15) is 34.6 Å². The molecule has 3 rings (SSSR count). The molecule has 23 heavy (non-hydrogen) atoms. The zero-order valence-corrected chi connectivity index (χ0v) is 16.9. The molecule has 5 atom stereocenters. The first-order valence-electron chi connectivity index (χ1n) is 8.75. The number of methoxy groups -OCH3 is 1. The summed E-state index contributed by atoms with van der Waals surface area (Å²) in [5.74, 6) is -0.470. The Hall–Kier alpha value is 0.0169. The molecule has 0 unspecified atom stereocenters. The molecule has 0 aromatic carbocycles. The van der Waals surface area contributed by atoms with E-state index in [-0.39, 0.29) is 23.4 Å². The van der Waals surface area contributed by atoms with Crippen molar-refractivity contribution in [2.75, 3.05) is 20.3 Å². The molecule has 0 N–H and O–H groups in total. The van der Waals surface area contributed by atoms with Gasteiger partial charge in [-0.15, -0.1) is 0 Å². The molecular formula is C17H33NO4Si. The van der Waals surface area contributed by atoms with E-state index in [0.717, 1.165) is 13.2 Å². The SMILES string of the molecule is CO[C@@H]1[C@@H]2[C@H]3OC(C)(C)O[C@H]3CN2[C@H]1CO[Si](C)(C)C(C)(C)C. The molecule has 6 heteroatoms. The fourth-order valence-corrected chi connectivity index (χ4v) is 4.88. The van der Waals surface area contributed by atoms with Crippen LogP contribution < -0.4 is 0 Å². The van der Waals surface area contributed by atoms with Gasteiger partial charge in [0.2, 0.25) is 0 Å². The first-order valence-corrected chi connectivity index (χ1v) is 11.7. The van der Waals surface area contributed by atoms with Crippen molar-refractivity contribution in [1.29, 1.82) is 0 Å². The lowest BCUT2D eigenvalue weighted by molar-refractivity contribution is -0.207. The number of rotatable bonds is 4. The highest BCUT2D eigenvalue weighted by Gasteiger charge is 2.64. The summed E-state index contributed by atoms with van der Waals surface area (Å²) in [5.41, 5.74) is 0. The maximum atomic E-state index is 6.44. The summed E-state index contributed by atoms with van der Waals surface area (Å²) in [4.78, 5) is 2.46. The van der Waals surface area contributed by atoms with Gasteiger partial charge in [-0.2, -0.15) is 0 Å². The van der Waals surface area contributed by atoms with Gasteiger partial charge in [0.15, 0.2) is 14.1 Å². The molecule has 5 nitrogen and oxygen atoms in total. The highest BCUT2D eigenvalue weighted by atomic mass is 28.4. The van der Waals surface area contributed by atoms with Gasteiger partial charge in [0.1, 0.15) is 12.2 Å². The van der Waals surface area contributed by atoms with Crippen LogP contribution in [0.5, 0.6) is 0 Å². The van der Waals surface area contributed by atoms with Gasteiger partial charge in [-0.3, -0.25) is 4.90 Å². The van der Waals surface area contributed by atoms with Gasteiger partial charge in [-0.25, -0.2) is 0 Å². The van der Waals surface area contributed by atoms with E-state index in [9.17, 15) is 0 Å². The van der Waals surface area contributed by atoms with Crippen molar-refractivity contribution in [2.45, 2.75) is 88.9 Å². The minimum absolute atomic E-state index is 0.124. The quantitative estimate of drug-likeness (QED) is 0.734. The smallest absolute Gasteiger partial charge is 0.192 e. The monoisotopic (exact) mass is 343 g/mol. The van der Waals surface area contributed by atoms with Crippen LogP contribution in [0.3, 0.4) is 0 Å². The summed E-state index contributed by atoms with van der Waals surface area (Å²) in [6.45, 7) is 17.1. The van der Waals surface area contributed by atoms with Crippen LogP contribution in [-0.2, 0) is 18.6 Å². The summed E-state index contributed by atoms with van der Waals surface area (Å²) in [6, 6.07) is 0.625. The van der Waals surface area contributed by atoms with Crippen molar-refractivity contribution in [3.63, 3.8) is 0 Å². The van der Waals surface area contributed by atoms with Gasteiger partial charge >= 0.3 is 0 Å². The second kappa shape index (κ2) is 5.51. The third-order valence-corrected chi connectivity index (χ3v) is 10.7. The summed E-state index contributed by atoms with van der Waals surface area (Å²) < 4.78 is 24.4. The lowest BCUT2D eigenvalue weighted by atomic mass is 9.89. The topological polar surface area (TPSA) is 40.2 Å². The zero-order chi connectivity index (χ0) is 17.2. The largest absolute Gasteiger partial charge is 0.415 e. The molecule has 134 valence electrons. The van der Waals surface area contributed by atoms with E-state index in [1.165, 1.54) is 0 Å². The van der Waals surface area contributed by atoms with Crippen molar-refractivity contribution in [1.82, 2.24) is 4.90 Å². The Labute approximate surface area is 141 Å². The van der Waals surface area contributed by atoms with Gasteiger partial charge in [0.25, 0.3) is 0 Å². The van der Waals surface area contributed by atoms with Crippen LogP contribution >= 0.6 is 0 Å². The van der Waals surface area contributed by atoms with E-state index >= 15 is 0 Å². The Kier molecular flexibility index (Phi) is 4.27. The lowest BCUT2D eigenvalue weighted by Crippen LogP contribution is -2.70. The van der Waals surface area contributed by atoms with Gasteiger partial charge in [-0.05, 0) is 32.0 Å². The van der Waals surface area contributed by atoms with Crippen LogP contribution in [0.2, 0.25) is 18.1 Å². The van der Waals surface area contributed by atoms with E-state index in [4.69, 9.17) is 18.6 Å². The summed E-state index contributed by atoms with van der Waals surface area (Å²) >= 11 is 0. The van der Waals surface area contributed by atoms with Crippen molar-refractivity contribution < 1.29 is 18.6 Å². The number of hydrogen-bond acceptors (Lipinski definition) is 5. The molecule has 0 spiro atoms. The van der Waals surface area contributed by atoms with Crippen LogP contribution in [0.25, 0.3) is 0 Å². The highest BCUT2D eigenvalue weighted by Crippen LogP contribution is 2.46. The Bertz CT molecular complexity index is 456. The molecule has 0 radical (unpaired) electrons. The first kappa shape index (κ1) is 17.8. The van der Waals surface area contributed by atoms with Gasteiger partial charge in [0.05, 0.1) is 24.8 Å². The molecule has 0 aliphatic carbocycles. The molecule has 3 fully saturated rings. The maximum Gasteiger partial charge on any atom is 0.192 e. The first-order chi connectivity index (χ1) is 10.5. The van der Waals surface area contributed by atoms with Crippen molar-refractivity contribution >= 4 is 8.32 Å². The lowest BCUT2D eigenvalue weighted by Gasteiger charge is -2.53. The number of ether oxygens (including phenoxy) is 3. The Morgan fingerprint density at radius 1 is 1.22 bits per heavy atom. The van der Waals surface area contributed by atoms with Crippen LogP contribution in [-0.4, -0.2) is 69.7 Å². The molecule has 3 aliphatic rings. The van der Waals surface area contributed by atoms with Crippen LogP contribution in [0.15, 0.2) is 0 Å². The standard InChI is InChI=1S/C17H33NO4Si/c1-16(2,3)23(7,8)20-10-11-14(19-6)13-15-12(9-18(11)13)21-17(4,5)22-15/h11-15H,9-10H2,1-8H3/t11-,12-,13+,14-,15-/m0/s1. The van der Waals surface area contributed by atoms with Crippen LogP contribution in [0, 0.1) is 0 Å². The third-order valence-electron chi connectivity index (χ3n) is 6.17. The molecule has 0 amide bonds. The molecule has 0 saturated carbocycles. The van der Waals surface area contributed by atoms with Crippen molar-refractivity contribution in [3.05, 3.63) is 0 Å². The summed E-state index contributed by atoms with van der Waals surface area (Å²) in [6.07, 6.45) is 0.455. The second-order valence-corrected chi connectivity index (χ2v) is 14.0. The van der Waals surface area contributed by atoms with Crippen molar-refractivity contribution in [3.8, 4) is 0 Å². The summed E-state index contributed by atoms with van der Waals surface area (Å²) in [5, 5.41) is 0.233. The minimum atomic E-state index is -1.73. The normalized spacial score (nSPS) is 39.9. The average Bonchev–Trinajstić information content (AvgIpc) is 2.80. The molecule has 0 aromatic rings. The Morgan fingerprint density at radius 3 is 2.43 bits per heavy atom. The predicted molar refractivity (Wildman–Crippen MR) is 92.1 cm³/mol. The van der Waals surface area contributed by atoms with Crippen molar-refractivity contribution in [2.24, 2.45) is 0 Å². The molecule has 3 heterocycles. The van der Waals surface area contributed by atoms with E-state index in [1.807, 2.05) is 13.8 Å². The highest BCUT2D eigenvalue weighted by molar-refractivity contribution is 6.74. The molecular weight excluding hydrogens is 310 g/mol. The second-order valence-electron chi connectivity index (χ2n) is 9.16. The van der Waals surface area contributed by atoms with E-state index in [1.54, 1.807) is 7.11 Å². The minimum Gasteiger partial charge on any atom is -0.415 e. The predicted octanol–water partition coefficient (Wildman–Crippen LogP) is 2.61. The molecule has 0 bridgehead atoms. The van der Waals surface area contributed by atoms with E-state index in [0.29, 0.717) is 12.1 Å². The Morgan fingerprint density at radius 2 is 1.87 bits per heavy atom. The van der Waals surface area contributed by atoms with E-state index in [2.05, 4.69) is 38.8 Å². The average molecular weight is 344 g/mol. The third kappa shape index (κ3) is 2.91. The van der Waals surface area contributed by atoms with E-state index < -0.39 is 14.1 Å². The molecule has 0 aromatic heterocycles. The fourth-order valence-electron chi connectivity index (χ4n) is 3.86. The fraction of sp³-hybridized carbons (Fsp3) is 1.00. The number of nitrogens with zero attached hydrogens (tertiary/aromatic N) is 1. The maximum absolute atomic E-state index is 6.44.